The summed E-state index contributed by atoms with van der Waals surface area (Å²) in [5.41, 5.74) is 0.843. The van der Waals surface area contributed by atoms with Crippen molar-refractivity contribution in [3.05, 3.63) is 23.7 Å². The zero-order chi connectivity index (χ0) is 16.2. The van der Waals surface area contributed by atoms with Gasteiger partial charge in [-0.25, -0.2) is 0 Å². The van der Waals surface area contributed by atoms with E-state index in [0.29, 0.717) is 37.2 Å². The number of carbonyl (C=O) groups excluding carboxylic acids is 2. The molecule has 4 rings (SSSR count). The lowest BCUT2D eigenvalue weighted by Gasteiger charge is -2.40. The van der Waals surface area contributed by atoms with Crippen molar-refractivity contribution in [3.8, 4) is 0 Å². The predicted octanol–water partition coefficient (Wildman–Crippen LogP) is 2.45. The van der Waals surface area contributed by atoms with E-state index in [1.807, 2.05) is 29.7 Å². The van der Waals surface area contributed by atoms with E-state index in [0.717, 1.165) is 18.4 Å². The number of aryl methyl sites for hydroxylation is 1. The number of rotatable bonds is 2. The quantitative estimate of drug-likeness (QED) is 0.842. The number of amides is 2. The molecule has 0 bridgehead atoms. The lowest BCUT2D eigenvalue weighted by Crippen LogP contribution is -2.56. The minimum atomic E-state index is -0.0598. The third-order valence-corrected chi connectivity index (χ3v) is 6.07. The van der Waals surface area contributed by atoms with E-state index in [1.54, 1.807) is 6.26 Å². The molecule has 1 aliphatic heterocycles. The van der Waals surface area contributed by atoms with Crippen LogP contribution in [0.4, 0.5) is 0 Å². The van der Waals surface area contributed by atoms with Crippen LogP contribution in [0.15, 0.2) is 16.7 Å². The van der Waals surface area contributed by atoms with Crippen LogP contribution in [0.2, 0.25) is 0 Å². The van der Waals surface area contributed by atoms with Gasteiger partial charge in [0, 0.05) is 31.2 Å². The van der Waals surface area contributed by atoms with E-state index in [-0.39, 0.29) is 17.4 Å². The highest BCUT2D eigenvalue weighted by Crippen LogP contribution is 2.64. The molecule has 0 N–H and O–H groups in total. The summed E-state index contributed by atoms with van der Waals surface area (Å²) < 4.78 is 5.33. The Kier molecular flexibility index (Phi) is 3.29. The van der Waals surface area contributed by atoms with Gasteiger partial charge in [0.15, 0.2) is 5.76 Å². The molecule has 2 heterocycles. The smallest absolute Gasteiger partial charge is 0.290 e. The maximum absolute atomic E-state index is 12.9. The number of nitrogens with zero attached hydrogens (tertiary/aromatic N) is 2. The first kappa shape index (κ1) is 14.8. The van der Waals surface area contributed by atoms with Gasteiger partial charge in [0.25, 0.3) is 5.91 Å². The standard InChI is InChI=1S/C18H24N2O3/c1-12-5-9-23-15(12)16(21)20-8-7-19(11-13(20)2)17(22)18-6-3-4-14(18)10-18/h5,9,13-14H,3-4,6-8,10-11H2,1-2H3/t13?,14-,18-/m1/s1. The normalized spacial score (nSPS) is 32.8. The zero-order valence-electron chi connectivity index (χ0n) is 13.9. The van der Waals surface area contributed by atoms with Crippen molar-refractivity contribution in [3.63, 3.8) is 0 Å². The highest BCUT2D eigenvalue weighted by molar-refractivity contribution is 5.93. The molecule has 2 amide bonds. The number of piperazine rings is 1. The van der Waals surface area contributed by atoms with E-state index in [9.17, 15) is 9.59 Å². The third-order valence-electron chi connectivity index (χ3n) is 6.07. The van der Waals surface area contributed by atoms with Gasteiger partial charge in [-0.1, -0.05) is 6.42 Å². The summed E-state index contributed by atoms with van der Waals surface area (Å²) in [5.74, 6) is 1.34. The summed E-state index contributed by atoms with van der Waals surface area (Å²) in [7, 11) is 0. The lowest BCUT2D eigenvalue weighted by atomic mass is 10.0. The first-order valence-corrected chi connectivity index (χ1v) is 8.67. The molecule has 1 unspecified atom stereocenters. The molecular formula is C18H24N2O3. The third kappa shape index (κ3) is 2.20. The van der Waals surface area contributed by atoms with Crippen molar-refractivity contribution in [2.45, 2.75) is 45.6 Å². The largest absolute Gasteiger partial charge is 0.459 e. The molecule has 0 spiro atoms. The molecule has 0 radical (unpaired) electrons. The molecule has 3 aliphatic rings. The van der Waals surface area contributed by atoms with E-state index in [2.05, 4.69) is 0 Å². The van der Waals surface area contributed by atoms with Crippen LogP contribution in [0.5, 0.6) is 0 Å². The van der Waals surface area contributed by atoms with Crippen molar-refractivity contribution in [1.29, 1.82) is 0 Å². The van der Waals surface area contributed by atoms with E-state index >= 15 is 0 Å². The summed E-state index contributed by atoms with van der Waals surface area (Å²) in [4.78, 5) is 29.3. The van der Waals surface area contributed by atoms with Gasteiger partial charge in [-0.2, -0.15) is 0 Å². The van der Waals surface area contributed by atoms with E-state index < -0.39 is 0 Å². The SMILES string of the molecule is Cc1ccoc1C(=O)N1CCN(C(=O)[C@@]23CCC[C@@H]2C3)CC1C. The number of fused-ring (bicyclic) bond motifs is 1. The molecule has 3 fully saturated rings. The van der Waals surface area contributed by atoms with E-state index in [1.165, 1.54) is 12.8 Å². The monoisotopic (exact) mass is 316 g/mol. The highest BCUT2D eigenvalue weighted by atomic mass is 16.3. The molecule has 1 aromatic rings. The van der Waals surface area contributed by atoms with Gasteiger partial charge in [0.1, 0.15) is 0 Å². The van der Waals surface area contributed by atoms with Crippen molar-refractivity contribution >= 4 is 11.8 Å². The van der Waals surface area contributed by atoms with Gasteiger partial charge >= 0.3 is 0 Å². The Balaban J connectivity index is 1.43. The molecule has 0 aromatic carbocycles. The number of hydrogen-bond acceptors (Lipinski definition) is 3. The Hall–Kier alpha value is -1.78. The molecule has 3 atom stereocenters. The van der Waals surface area contributed by atoms with Gasteiger partial charge in [-0.15, -0.1) is 0 Å². The summed E-state index contributed by atoms with van der Waals surface area (Å²) in [6.45, 7) is 5.77. The average molecular weight is 316 g/mol. The summed E-state index contributed by atoms with van der Waals surface area (Å²) in [6, 6.07) is 1.84. The van der Waals surface area contributed by atoms with Crippen molar-refractivity contribution in [2.24, 2.45) is 11.3 Å². The molecule has 2 aliphatic carbocycles. The molecule has 1 saturated heterocycles. The second-order valence-corrected chi connectivity index (χ2v) is 7.48. The van der Waals surface area contributed by atoms with Gasteiger partial charge < -0.3 is 14.2 Å². The fourth-order valence-corrected chi connectivity index (χ4v) is 4.58. The maximum atomic E-state index is 12.9. The Morgan fingerprint density at radius 1 is 1.35 bits per heavy atom. The molecule has 124 valence electrons. The Morgan fingerprint density at radius 2 is 2.17 bits per heavy atom. The van der Waals surface area contributed by atoms with Crippen LogP contribution in [0.25, 0.3) is 0 Å². The molecule has 1 aromatic heterocycles. The highest BCUT2D eigenvalue weighted by Gasteiger charge is 2.63. The molecule has 23 heavy (non-hydrogen) atoms. The van der Waals surface area contributed by atoms with Crippen molar-refractivity contribution in [1.82, 2.24) is 9.80 Å². The predicted molar refractivity (Wildman–Crippen MR) is 84.9 cm³/mol. The minimum Gasteiger partial charge on any atom is -0.459 e. The van der Waals surface area contributed by atoms with Crippen LogP contribution < -0.4 is 0 Å². The second kappa shape index (κ2) is 5.11. The number of furan rings is 1. The van der Waals surface area contributed by atoms with Gasteiger partial charge in [-0.3, -0.25) is 9.59 Å². The fraction of sp³-hybridized carbons (Fsp3) is 0.667. The molecule has 2 saturated carbocycles. The zero-order valence-corrected chi connectivity index (χ0v) is 13.9. The first-order chi connectivity index (χ1) is 11.0. The summed E-state index contributed by atoms with van der Waals surface area (Å²) in [5, 5.41) is 0. The lowest BCUT2D eigenvalue weighted by molar-refractivity contribution is -0.139. The van der Waals surface area contributed by atoms with Crippen LogP contribution in [-0.4, -0.2) is 47.3 Å². The van der Waals surface area contributed by atoms with Crippen LogP contribution in [0, 0.1) is 18.3 Å². The summed E-state index contributed by atoms with van der Waals surface area (Å²) in [6.07, 6.45) is 6.12. The number of carbonyl (C=O) groups is 2. The maximum Gasteiger partial charge on any atom is 0.290 e. The molecular weight excluding hydrogens is 292 g/mol. The Bertz CT molecular complexity index is 652. The van der Waals surface area contributed by atoms with Crippen LogP contribution in [0.1, 0.15) is 48.7 Å². The van der Waals surface area contributed by atoms with Crippen LogP contribution in [0.3, 0.4) is 0 Å². The van der Waals surface area contributed by atoms with Crippen molar-refractivity contribution < 1.29 is 14.0 Å². The van der Waals surface area contributed by atoms with Gasteiger partial charge in [-0.05, 0) is 45.1 Å². The van der Waals surface area contributed by atoms with Gasteiger partial charge in [0.2, 0.25) is 5.91 Å². The number of hydrogen-bond donors (Lipinski definition) is 0. The molecule has 5 nitrogen and oxygen atoms in total. The Morgan fingerprint density at radius 3 is 2.74 bits per heavy atom. The molecule has 5 heteroatoms. The topological polar surface area (TPSA) is 53.8 Å². The summed E-state index contributed by atoms with van der Waals surface area (Å²) >= 11 is 0. The first-order valence-electron chi connectivity index (χ1n) is 8.67. The van der Waals surface area contributed by atoms with Crippen LogP contribution >= 0.6 is 0 Å². The van der Waals surface area contributed by atoms with Crippen molar-refractivity contribution in [2.75, 3.05) is 19.6 Å². The van der Waals surface area contributed by atoms with E-state index in [4.69, 9.17) is 4.42 Å². The second-order valence-electron chi connectivity index (χ2n) is 7.48. The van der Waals surface area contributed by atoms with Crippen LogP contribution in [-0.2, 0) is 4.79 Å². The average Bonchev–Trinajstić information content (AvgIpc) is 2.88. The fourth-order valence-electron chi connectivity index (χ4n) is 4.58. The van der Waals surface area contributed by atoms with Gasteiger partial charge in [0.05, 0.1) is 11.7 Å². The minimum absolute atomic E-state index is 0.0243. The Labute approximate surface area is 136 Å².